The molecule has 1 aromatic heterocycles. The molecule has 0 radical (unpaired) electrons. The molecule has 74 valence electrons. The summed E-state index contributed by atoms with van der Waals surface area (Å²) in [4.78, 5) is 17.5. The summed E-state index contributed by atoms with van der Waals surface area (Å²) < 4.78 is 0. The lowest BCUT2D eigenvalue weighted by atomic mass is 10.8. The molecule has 1 aromatic rings. The minimum Gasteiger partial charge on any atom is -0.347 e. The molecule has 0 amide bonds. The fourth-order valence-electron chi connectivity index (χ4n) is 0.727. The van der Waals surface area contributed by atoms with Gasteiger partial charge in [0.1, 0.15) is 0 Å². The Morgan fingerprint density at radius 2 is 2.07 bits per heavy atom. The van der Waals surface area contributed by atoms with Gasteiger partial charge in [-0.05, 0) is 6.26 Å². The number of nitrogens with zero attached hydrogens (tertiary/aromatic N) is 5. The van der Waals surface area contributed by atoms with Gasteiger partial charge in [-0.1, -0.05) is 11.8 Å². The van der Waals surface area contributed by atoms with Crippen molar-refractivity contribution in [3.63, 3.8) is 0 Å². The van der Waals surface area contributed by atoms with Crippen LogP contribution in [0.1, 0.15) is 0 Å². The van der Waals surface area contributed by atoms with Crippen molar-refractivity contribution in [1.29, 1.82) is 5.41 Å². The van der Waals surface area contributed by atoms with Crippen LogP contribution in [0.5, 0.6) is 0 Å². The Morgan fingerprint density at radius 1 is 1.36 bits per heavy atom. The first-order chi connectivity index (χ1) is 6.67. The van der Waals surface area contributed by atoms with Gasteiger partial charge < -0.3 is 4.90 Å². The van der Waals surface area contributed by atoms with E-state index in [4.69, 9.17) is 5.41 Å². The number of nitrogens with one attached hydrogen (secondary N) is 1. The first-order valence-electron chi connectivity index (χ1n) is 3.77. The average Bonchev–Trinajstić information content (AvgIpc) is 2.17. The van der Waals surface area contributed by atoms with Gasteiger partial charge in [-0.15, -0.1) is 4.99 Å². The van der Waals surface area contributed by atoms with Crippen LogP contribution in [0.4, 0.5) is 11.9 Å². The van der Waals surface area contributed by atoms with E-state index in [-0.39, 0.29) is 5.95 Å². The highest BCUT2D eigenvalue weighted by atomic mass is 32.2. The van der Waals surface area contributed by atoms with E-state index in [9.17, 15) is 0 Å². The van der Waals surface area contributed by atoms with Crippen molar-refractivity contribution in [3.8, 4) is 0 Å². The second-order valence-electron chi connectivity index (χ2n) is 2.54. The van der Waals surface area contributed by atoms with Gasteiger partial charge in [0.05, 0.1) is 6.01 Å². The summed E-state index contributed by atoms with van der Waals surface area (Å²) in [5.74, 6) is 0.737. The zero-order valence-electron chi connectivity index (χ0n) is 8.14. The van der Waals surface area contributed by atoms with Crippen LogP contribution in [0.2, 0.25) is 0 Å². The Labute approximate surface area is 86.0 Å². The zero-order valence-corrected chi connectivity index (χ0v) is 8.96. The molecule has 0 spiro atoms. The summed E-state index contributed by atoms with van der Waals surface area (Å²) in [5, 5.41) is 7.29. The maximum atomic E-state index is 6.71. The van der Waals surface area contributed by atoms with Crippen LogP contribution in [-0.2, 0) is 0 Å². The van der Waals surface area contributed by atoms with Crippen LogP contribution in [0.3, 0.4) is 0 Å². The molecule has 1 rings (SSSR count). The van der Waals surface area contributed by atoms with Gasteiger partial charge in [-0.3, -0.25) is 0 Å². The van der Waals surface area contributed by atoms with Crippen molar-refractivity contribution in [2.45, 2.75) is 5.16 Å². The molecule has 0 aliphatic rings. The molecule has 0 aromatic carbocycles. The summed E-state index contributed by atoms with van der Waals surface area (Å²) in [6.07, 6.45) is 1.87. The molecule has 0 saturated carbocycles. The number of hydrogen-bond acceptors (Lipinski definition) is 7. The van der Waals surface area contributed by atoms with Gasteiger partial charge >= 0.3 is 0 Å². The Kier molecular flexibility index (Phi) is 3.55. The predicted octanol–water partition coefficient (Wildman–Crippen LogP) is 1.04. The van der Waals surface area contributed by atoms with Crippen molar-refractivity contribution in [1.82, 2.24) is 15.0 Å². The molecule has 1 N–H and O–H groups in total. The maximum Gasteiger partial charge on any atom is 0.264 e. The van der Waals surface area contributed by atoms with E-state index in [0.717, 1.165) is 0 Å². The van der Waals surface area contributed by atoms with Crippen molar-refractivity contribution in [2.75, 3.05) is 25.3 Å². The molecule has 14 heavy (non-hydrogen) atoms. The fraction of sp³-hybridized carbons (Fsp3) is 0.429. The molecule has 6 nitrogen and oxygen atoms in total. The normalized spacial score (nSPS) is 9.36. The minimum absolute atomic E-state index is 0.211. The van der Waals surface area contributed by atoms with E-state index in [1.807, 2.05) is 26.4 Å². The lowest BCUT2D eigenvalue weighted by molar-refractivity contribution is 0.867. The van der Waals surface area contributed by atoms with Gasteiger partial charge in [-0.25, -0.2) is 5.41 Å². The highest BCUT2D eigenvalue weighted by Gasteiger charge is 2.05. The summed E-state index contributed by atoms with van der Waals surface area (Å²) in [5.41, 5.74) is 0. The monoisotopic (exact) mass is 210 g/mol. The smallest absolute Gasteiger partial charge is 0.264 e. The average molecular weight is 210 g/mol. The van der Waals surface area contributed by atoms with E-state index in [0.29, 0.717) is 11.1 Å². The Balaban J connectivity index is 3.19. The number of rotatable bonds is 3. The van der Waals surface area contributed by atoms with E-state index in [1.54, 1.807) is 4.90 Å². The maximum absolute atomic E-state index is 6.71. The summed E-state index contributed by atoms with van der Waals surface area (Å²) in [6.45, 7) is 0. The highest BCUT2D eigenvalue weighted by molar-refractivity contribution is 7.98. The van der Waals surface area contributed by atoms with E-state index in [2.05, 4.69) is 19.9 Å². The van der Waals surface area contributed by atoms with E-state index in [1.165, 1.54) is 11.8 Å². The second-order valence-corrected chi connectivity index (χ2v) is 3.31. The predicted molar refractivity (Wildman–Crippen MR) is 55.7 cm³/mol. The van der Waals surface area contributed by atoms with Gasteiger partial charge in [-0.2, -0.15) is 15.0 Å². The van der Waals surface area contributed by atoms with Crippen molar-refractivity contribution in [2.24, 2.45) is 4.99 Å². The van der Waals surface area contributed by atoms with E-state index < -0.39 is 0 Å². The first kappa shape index (κ1) is 10.6. The lowest BCUT2D eigenvalue weighted by Crippen LogP contribution is -2.13. The second kappa shape index (κ2) is 4.69. The fourth-order valence-corrected chi connectivity index (χ4v) is 1.07. The number of thioether (sulfide) groups is 1. The Morgan fingerprint density at radius 3 is 2.57 bits per heavy atom. The van der Waals surface area contributed by atoms with Crippen molar-refractivity contribution < 1.29 is 0 Å². The summed E-state index contributed by atoms with van der Waals surface area (Å²) in [6, 6.07) is 1.90. The van der Waals surface area contributed by atoms with Gasteiger partial charge in [0, 0.05) is 14.1 Å². The van der Waals surface area contributed by atoms with Crippen LogP contribution in [0.15, 0.2) is 10.1 Å². The largest absolute Gasteiger partial charge is 0.347 e. The molecule has 0 atom stereocenters. The summed E-state index contributed by atoms with van der Waals surface area (Å²) >= 11 is 1.40. The molecular formula is C7H10N6S. The number of aromatic nitrogens is 3. The minimum atomic E-state index is 0.211. The summed E-state index contributed by atoms with van der Waals surface area (Å²) in [7, 11) is 3.66. The van der Waals surface area contributed by atoms with Gasteiger partial charge in [0.15, 0.2) is 5.16 Å². The quantitative estimate of drug-likeness (QED) is 0.595. The molecule has 0 aliphatic heterocycles. The SMILES string of the molecule is CSc1nc(N=C=N)nc(N(C)C)n1. The molecule has 1 heterocycles. The number of aliphatic imine (C=N–C) groups is 1. The molecule has 0 bridgehead atoms. The van der Waals surface area contributed by atoms with Crippen LogP contribution >= 0.6 is 11.8 Å². The topological polar surface area (TPSA) is 78.1 Å². The van der Waals surface area contributed by atoms with Crippen molar-refractivity contribution >= 4 is 29.7 Å². The van der Waals surface area contributed by atoms with Crippen LogP contribution < -0.4 is 4.90 Å². The third-order valence-corrected chi connectivity index (χ3v) is 1.88. The van der Waals surface area contributed by atoms with Gasteiger partial charge in [0.2, 0.25) is 5.95 Å². The highest BCUT2D eigenvalue weighted by Crippen LogP contribution is 2.15. The number of hydrogen-bond donors (Lipinski definition) is 1. The van der Waals surface area contributed by atoms with Crippen LogP contribution in [-0.4, -0.2) is 41.3 Å². The molecule has 7 heteroatoms. The lowest BCUT2D eigenvalue weighted by Gasteiger charge is -2.09. The Hall–Kier alpha value is -1.46. The first-order valence-corrected chi connectivity index (χ1v) is 4.99. The van der Waals surface area contributed by atoms with Crippen LogP contribution in [0, 0.1) is 5.41 Å². The number of anilines is 1. The van der Waals surface area contributed by atoms with Crippen molar-refractivity contribution in [3.05, 3.63) is 0 Å². The molecule has 0 aliphatic carbocycles. The molecule has 0 fully saturated rings. The standard InChI is InChI=1S/C7H10N6S/c1-13(2)6-10-5(9-4-8)11-7(12-6)14-3/h8H,1-3H3. The van der Waals surface area contributed by atoms with Crippen LogP contribution in [0.25, 0.3) is 0 Å². The third-order valence-electron chi connectivity index (χ3n) is 1.33. The third kappa shape index (κ3) is 2.51. The molecular weight excluding hydrogens is 200 g/mol. The molecule has 0 unspecified atom stereocenters. The zero-order chi connectivity index (χ0) is 10.6. The molecule has 0 saturated heterocycles. The van der Waals surface area contributed by atoms with Gasteiger partial charge in [0.25, 0.3) is 5.95 Å². The van der Waals surface area contributed by atoms with E-state index >= 15 is 0 Å². The Bertz CT molecular complexity index is 370.